The molecule has 1 atom stereocenters. The van der Waals surface area contributed by atoms with E-state index in [1.54, 1.807) is 0 Å². The summed E-state index contributed by atoms with van der Waals surface area (Å²) in [5, 5.41) is 9.42. The van der Waals surface area contributed by atoms with Crippen molar-refractivity contribution < 1.29 is 18.3 Å². The van der Waals surface area contributed by atoms with Crippen LogP contribution in [0.3, 0.4) is 0 Å². The number of carboxylic acid groups (broad SMARTS) is 1. The lowest BCUT2D eigenvalue weighted by molar-refractivity contribution is -0.146. The number of aliphatic carboxylic acids is 1. The van der Waals surface area contributed by atoms with E-state index in [0.29, 0.717) is 13.1 Å². The van der Waals surface area contributed by atoms with E-state index in [2.05, 4.69) is 0 Å². The molecule has 1 aliphatic carbocycles. The Morgan fingerprint density at radius 2 is 1.67 bits per heavy atom. The van der Waals surface area contributed by atoms with Crippen molar-refractivity contribution in [1.82, 2.24) is 4.90 Å². The van der Waals surface area contributed by atoms with Crippen LogP contribution in [0.2, 0.25) is 0 Å². The third kappa shape index (κ3) is 3.23. The molecule has 1 saturated carbocycles. The number of sulfone groups is 1. The quantitative estimate of drug-likeness (QED) is 0.822. The summed E-state index contributed by atoms with van der Waals surface area (Å²) in [5.41, 5.74) is 0. The lowest BCUT2D eigenvalue weighted by atomic mass is 9.83. The maximum absolute atomic E-state index is 11.5. The minimum Gasteiger partial charge on any atom is -0.480 e. The average molecular weight is 275 g/mol. The molecule has 0 aromatic rings. The van der Waals surface area contributed by atoms with Gasteiger partial charge in [0.2, 0.25) is 0 Å². The Balaban J connectivity index is 2.04. The molecule has 1 heterocycles. The molecule has 2 rings (SSSR count). The molecule has 0 aromatic carbocycles. The Bertz CT molecular complexity index is 386. The van der Waals surface area contributed by atoms with Crippen molar-refractivity contribution in [2.24, 2.45) is 5.92 Å². The standard InChI is InChI=1S/C12H21NO4S/c14-12(15)11(10-4-2-1-3-5-10)13-6-8-18(16,17)9-7-13/h10-11H,1-9H2,(H,14,15). The van der Waals surface area contributed by atoms with E-state index in [0.717, 1.165) is 25.7 Å². The van der Waals surface area contributed by atoms with Gasteiger partial charge in [-0.1, -0.05) is 19.3 Å². The molecule has 0 amide bonds. The minimum atomic E-state index is -2.94. The Labute approximate surface area is 108 Å². The van der Waals surface area contributed by atoms with Crippen molar-refractivity contribution in [3.63, 3.8) is 0 Å². The number of hydrogen-bond acceptors (Lipinski definition) is 4. The highest BCUT2D eigenvalue weighted by Crippen LogP contribution is 2.29. The summed E-state index contributed by atoms with van der Waals surface area (Å²) in [6.07, 6.45) is 5.30. The molecule has 0 bridgehead atoms. The van der Waals surface area contributed by atoms with E-state index in [1.165, 1.54) is 6.42 Å². The fourth-order valence-electron chi connectivity index (χ4n) is 3.11. The van der Waals surface area contributed by atoms with Gasteiger partial charge >= 0.3 is 5.97 Å². The largest absolute Gasteiger partial charge is 0.480 e. The Morgan fingerprint density at radius 3 is 2.17 bits per heavy atom. The molecule has 0 radical (unpaired) electrons. The van der Waals surface area contributed by atoms with Gasteiger partial charge in [0.05, 0.1) is 11.5 Å². The van der Waals surface area contributed by atoms with Gasteiger partial charge in [-0.25, -0.2) is 8.42 Å². The molecule has 0 spiro atoms. The van der Waals surface area contributed by atoms with Gasteiger partial charge in [-0.2, -0.15) is 0 Å². The van der Waals surface area contributed by atoms with Gasteiger partial charge in [0.15, 0.2) is 9.84 Å². The van der Waals surface area contributed by atoms with E-state index in [4.69, 9.17) is 0 Å². The molecule has 1 N–H and O–H groups in total. The number of carbonyl (C=O) groups is 1. The van der Waals surface area contributed by atoms with Crippen LogP contribution in [0.4, 0.5) is 0 Å². The van der Waals surface area contributed by atoms with Crippen molar-refractivity contribution in [2.75, 3.05) is 24.6 Å². The van der Waals surface area contributed by atoms with Gasteiger partial charge in [0, 0.05) is 13.1 Å². The predicted molar refractivity (Wildman–Crippen MR) is 68.2 cm³/mol. The second-order valence-electron chi connectivity index (χ2n) is 5.37. The van der Waals surface area contributed by atoms with Crippen LogP contribution in [0.5, 0.6) is 0 Å². The van der Waals surface area contributed by atoms with Gasteiger partial charge in [-0.3, -0.25) is 9.69 Å². The van der Waals surface area contributed by atoms with E-state index >= 15 is 0 Å². The lowest BCUT2D eigenvalue weighted by Gasteiger charge is -2.37. The SMILES string of the molecule is O=C(O)C(C1CCCCC1)N1CCS(=O)(=O)CC1. The zero-order chi connectivity index (χ0) is 13.2. The van der Waals surface area contributed by atoms with Crippen LogP contribution in [0.15, 0.2) is 0 Å². The highest BCUT2D eigenvalue weighted by atomic mass is 32.2. The smallest absolute Gasteiger partial charge is 0.321 e. The third-order valence-electron chi connectivity index (χ3n) is 4.12. The zero-order valence-electron chi connectivity index (χ0n) is 10.5. The van der Waals surface area contributed by atoms with Crippen LogP contribution in [-0.2, 0) is 14.6 Å². The molecular weight excluding hydrogens is 254 g/mol. The number of rotatable bonds is 3. The van der Waals surface area contributed by atoms with Crippen LogP contribution in [0, 0.1) is 5.92 Å². The normalized spacial score (nSPS) is 27.8. The summed E-state index contributed by atoms with van der Waals surface area (Å²) in [7, 11) is -2.94. The first-order valence-electron chi connectivity index (χ1n) is 6.67. The van der Waals surface area contributed by atoms with Crippen LogP contribution in [-0.4, -0.2) is 55.0 Å². The number of nitrogens with zero attached hydrogens (tertiary/aromatic N) is 1. The summed E-state index contributed by atoms with van der Waals surface area (Å²) >= 11 is 0. The van der Waals surface area contributed by atoms with E-state index in [-0.39, 0.29) is 17.4 Å². The summed E-state index contributed by atoms with van der Waals surface area (Å²) < 4.78 is 22.8. The highest BCUT2D eigenvalue weighted by Gasteiger charge is 2.36. The Morgan fingerprint density at radius 1 is 1.11 bits per heavy atom. The highest BCUT2D eigenvalue weighted by molar-refractivity contribution is 7.91. The lowest BCUT2D eigenvalue weighted by Crippen LogP contribution is -2.52. The minimum absolute atomic E-state index is 0.101. The first-order valence-corrected chi connectivity index (χ1v) is 8.49. The summed E-state index contributed by atoms with van der Waals surface area (Å²) in [6, 6.07) is -0.485. The topological polar surface area (TPSA) is 74.7 Å². The Kier molecular flexibility index (Phi) is 4.27. The van der Waals surface area contributed by atoms with Crippen molar-refractivity contribution in [1.29, 1.82) is 0 Å². The number of carboxylic acids is 1. The molecule has 6 heteroatoms. The second kappa shape index (κ2) is 5.57. The van der Waals surface area contributed by atoms with Crippen molar-refractivity contribution >= 4 is 15.8 Å². The van der Waals surface area contributed by atoms with E-state index in [1.807, 2.05) is 4.90 Å². The number of hydrogen-bond donors (Lipinski definition) is 1. The molecule has 1 unspecified atom stereocenters. The van der Waals surface area contributed by atoms with Crippen LogP contribution >= 0.6 is 0 Å². The maximum atomic E-state index is 11.5. The predicted octanol–water partition coefficient (Wildman–Crippen LogP) is 0.750. The summed E-state index contributed by atoms with van der Waals surface area (Å²) in [5.74, 6) is -0.397. The summed E-state index contributed by atoms with van der Waals surface area (Å²) in [4.78, 5) is 13.3. The molecule has 2 aliphatic rings. The van der Waals surface area contributed by atoms with Gasteiger partial charge in [0.1, 0.15) is 6.04 Å². The monoisotopic (exact) mass is 275 g/mol. The molecule has 1 saturated heterocycles. The molecular formula is C12H21NO4S. The zero-order valence-corrected chi connectivity index (χ0v) is 11.4. The van der Waals surface area contributed by atoms with Crippen LogP contribution in [0.1, 0.15) is 32.1 Å². The molecule has 18 heavy (non-hydrogen) atoms. The maximum Gasteiger partial charge on any atom is 0.321 e. The summed E-state index contributed by atoms with van der Waals surface area (Å²) in [6.45, 7) is 0.742. The second-order valence-corrected chi connectivity index (χ2v) is 7.67. The fraction of sp³-hybridized carbons (Fsp3) is 0.917. The van der Waals surface area contributed by atoms with Crippen LogP contribution < -0.4 is 0 Å². The first-order chi connectivity index (χ1) is 8.49. The van der Waals surface area contributed by atoms with Crippen molar-refractivity contribution in [3.8, 4) is 0 Å². The third-order valence-corrected chi connectivity index (χ3v) is 5.73. The fourth-order valence-corrected chi connectivity index (χ4v) is 4.34. The van der Waals surface area contributed by atoms with E-state index < -0.39 is 21.8 Å². The van der Waals surface area contributed by atoms with Gasteiger partial charge in [-0.15, -0.1) is 0 Å². The van der Waals surface area contributed by atoms with Gasteiger partial charge < -0.3 is 5.11 Å². The van der Waals surface area contributed by atoms with E-state index in [9.17, 15) is 18.3 Å². The van der Waals surface area contributed by atoms with Gasteiger partial charge in [-0.05, 0) is 18.8 Å². The average Bonchev–Trinajstić information content (AvgIpc) is 2.33. The van der Waals surface area contributed by atoms with Crippen molar-refractivity contribution in [2.45, 2.75) is 38.1 Å². The molecule has 5 nitrogen and oxygen atoms in total. The van der Waals surface area contributed by atoms with Gasteiger partial charge in [0.25, 0.3) is 0 Å². The molecule has 1 aliphatic heterocycles. The van der Waals surface area contributed by atoms with Crippen LogP contribution in [0.25, 0.3) is 0 Å². The van der Waals surface area contributed by atoms with Crippen molar-refractivity contribution in [3.05, 3.63) is 0 Å². The molecule has 104 valence electrons. The first kappa shape index (κ1) is 13.8. The molecule has 0 aromatic heterocycles. The molecule has 2 fully saturated rings. The Hall–Kier alpha value is -0.620.